The summed E-state index contributed by atoms with van der Waals surface area (Å²) in [4.78, 5) is 14.1. The van der Waals surface area contributed by atoms with Crippen molar-refractivity contribution in [1.82, 2.24) is 4.98 Å². The van der Waals surface area contributed by atoms with Crippen molar-refractivity contribution in [1.29, 1.82) is 0 Å². The third-order valence-electron chi connectivity index (χ3n) is 1.75. The molecule has 0 atom stereocenters. The highest BCUT2D eigenvalue weighted by Gasteiger charge is 1.97. The van der Waals surface area contributed by atoms with Gasteiger partial charge in [-0.05, 0) is 24.6 Å². The zero-order chi connectivity index (χ0) is 9.68. The number of rotatable bonds is 3. The molecule has 1 aromatic heterocycles. The first-order chi connectivity index (χ1) is 6.25. The van der Waals surface area contributed by atoms with E-state index < -0.39 is 0 Å². The number of carbonyl (C=O) groups is 1. The standard InChI is InChI=1S/C10H12N2O/c1-8-5-6-12-9(10(8)11)4-2-3-7-13/h2,4-7H,3,11H2,1H3. The molecule has 2 N–H and O–H groups in total. The zero-order valence-corrected chi connectivity index (χ0v) is 7.53. The van der Waals surface area contributed by atoms with Crippen LogP contribution in [0.5, 0.6) is 0 Å². The molecular formula is C10H12N2O. The van der Waals surface area contributed by atoms with E-state index in [0.29, 0.717) is 12.1 Å². The van der Waals surface area contributed by atoms with Gasteiger partial charge in [0.15, 0.2) is 0 Å². The summed E-state index contributed by atoms with van der Waals surface area (Å²) in [6.45, 7) is 1.92. The van der Waals surface area contributed by atoms with Crippen LogP contribution in [0.3, 0.4) is 0 Å². The first-order valence-corrected chi connectivity index (χ1v) is 4.07. The summed E-state index contributed by atoms with van der Waals surface area (Å²) in [5, 5.41) is 0. The van der Waals surface area contributed by atoms with Crippen molar-refractivity contribution in [2.75, 3.05) is 5.73 Å². The van der Waals surface area contributed by atoms with Gasteiger partial charge in [-0.25, -0.2) is 0 Å². The maximum absolute atomic E-state index is 10.0. The van der Waals surface area contributed by atoms with Crippen molar-refractivity contribution in [3.05, 3.63) is 29.6 Å². The average molecular weight is 176 g/mol. The van der Waals surface area contributed by atoms with Gasteiger partial charge >= 0.3 is 0 Å². The SMILES string of the molecule is Cc1ccnc(C=CCC=O)c1N. The Labute approximate surface area is 77.3 Å². The second-order valence-corrected chi connectivity index (χ2v) is 2.73. The van der Waals surface area contributed by atoms with E-state index in [0.717, 1.165) is 17.5 Å². The van der Waals surface area contributed by atoms with Gasteiger partial charge in [0.25, 0.3) is 0 Å². The number of aldehydes is 1. The molecule has 0 saturated heterocycles. The van der Waals surface area contributed by atoms with E-state index in [2.05, 4.69) is 4.98 Å². The predicted octanol–water partition coefficient (Wildman–Crippen LogP) is 1.57. The highest BCUT2D eigenvalue weighted by molar-refractivity contribution is 5.65. The summed E-state index contributed by atoms with van der Waals surface area (Å²) >= 11 is 0. The number of nitrogens with zero attached hydrogens (tertiary/aromatic N) is 1. The molecule has 0 spiro atoms. The lowest BCUT2D eigenvalue weighted by Gasteiger charge is -2.01. The predicted molar refractivity (Wildman–Crippen MR) is 53.1 cm³/mol. The second kappa shape index (κ2) is 4.40. The fourth-order valence-corrected chi connectivity index (χ4v) is 0.959. The Morgan fingerprint density at radius 2 is 2.38 bits per heavy atom. The number of aryl methyl sites for hydroxylation is 1. The molecule has 3 heteroatoms. The fraction of sp³-hybridized carbons (Fsp3) is 0.200. The van der Waals surface area contributed by atoms with Crippen molar-refractivity contribution < 1.29 is 4.79 Å². The van der Waals surface area contributed by atoms with Crippen LogP contribution in [0.2, 0.25) is 0 Å². The number of aromatic nitrogens is 1. The lowest BCUT2D eigenvalue weighted by atomic mass is 10.2. The van der Waals surface area contributed by atoms with Crippen molar-refractivity contribution in [2.45, 2.75) is 13.3 Å². The van der Waals surface area contributed by atoms with E-state index in [1.807, 2.05) is 13.0 Å². The number of carbonyl (C=O) groups excluding carboxylic acids is 1. The van der Waals surface area contributed by atoms with Crippen molar-refractivity contribution in [2.24, 2.45) is 0 Å². The largest absolute Gasteiger partial charge is 0.397 e. The minimum Gasteiger partial charge on any atom is -0.397 e. The summed E-state index contributed by atoms with van der Waals surface area (Å²) in [6, 6.07) is 1.85. The quantitative estimate of drug-likeness (QED) is 0.711. The van der Waals surface area contributed by atoms with Gasteiger partial charge in [-0.2, -0.15) is 0 Å². The first-order valence-electron chi connectivity index (χ1n) is 4.07. The molecule has 1 rings (SSSR count). The van der Waals surface area contributed by atoms with Gasteiger partial charge in [-0.3, -0.25) is 4.98 Å². The molecule has 3 nitrogen and oxygen atoms in total. The van der Waals surface area contributed by atoms with Crippen LogP contribution in [0.1, 0.15) is 17.7 Å². The molecule has 0 aliphatic rings. The van der Waals surface area contributed by atoms with E-state index in [-0.39, 0.29) is 0 Å². The maximum atomic E-state index is 10.0. The fourth-order valence-electron chi connectivity index (χ4n) is 0.959. The monoisotopic (exact) mass is 176 g/mol. The summed E-state index contributed by atoms with van der Waals surface area (Å²) in [5.41, 5.74) is 8.16. The Hall–Kier alpha value is -1.64. The third-order valence-corrected chi connectivity index (χ3v) is 1.75. The van der Waals surface area contributed by atoms with Crippen LogP contribution in [0.25, 0.3) is 6.08 Å². The number of allylic oxidation sites excluding steroid dienone is 1. The van der Waals surface area contributed by atoms with Gasteiger partial charge in [0.1, 0.15) is 6.29 Å². The molecule has 0 aliphatic heterocycles. The van der Waals surface area contributed by atoms with Crippen LogP contribution in [0.4, 0.5) is 5.69 Å². The second-order valence-electron chi connectivity index (χ2n) is 2.73. The molecular weight excluding hydrogens is 164 g/mol. The zero-order valence-electron chi connectivity index (χ0n) is 7.53. The Kier molecular flexibility index (Phi) is 3.20. The topological polar surface area (TPSA) is 56.0 Å². The Balaban J connectivity index is 2.88. The summed E-state index contributed by atoms with van der Waals surface area (Å²) < 4.78 is 0. The molecule has 1 aromatic rings. The number of nitrogens with two attached hydrogens (primary N) is 1. The van der Waals surface area contributed by atoms with Gasteiger partial charge in [0, 0.05) is 12.6 Å². The number of hydrogen-bond acceptors (Lipinski definition) is 3. The van der Waals surface area contributed by atoms with E-state index in [1.165, 1.54) is 0 Å². The normalized spacial score (nSPS) is 10.5. The van der Waals surface area contributed by atoms with E-state index in [1.54, 1.807) is 18.3 Å². The summed E-state index contributed by atoms with van der Waals surface area (Å²) in [7, 11) is 0. The first kappa shape index (κ1) is 9.45. The molecule has 68 valence electrons. The molecule has 0 aliphatic carbocycles. The Morgan fingerprint density at radius 3 is 3.08 bits per heavy atom. The average Bonchev–Trinajstić information content (AvgIpc) is 2.13. The van der Waals surface area contributed by atoms with E-state index in [4.69, 9.17) is 5.73 Å². The van der Waals surface area contributed by atoms with E-state index >= 15 is 0 Å². The molecule has 0 unspecified atom stereocenters. The summed E-state index contributed by atoms with van der Waals surface area (Å²) in [6.07, 6.45) is 6.44. The molecule has 0 aromatic carbocycles. The molecule has 0 saturated carbocycles. The Morgan fingerprint density at radius 1 is 1.62 bits per heavy atom. The van der Waals surface area contributed by atoms with Crippen LogP contribution in [0.15, 0.2) is 18.3 Å². The van der Waals surface area contributed by atoms with Gasteiger partial charge in [0.05, 0.1) is 11.4 Å². The van der Waals surface area contributed by atoms with Crippen LogP contribution in [0, 0.1) is 6.92 Å². The number of hydrogen-bond donors (Lipinski definition) is 1. The van der Waals surface area contributed by atoms with Crippen molar-refractivity contribution >= 4 is 18.0 Å². The van der Waals surface area contributed by atoms with Crippen LogP contribution in [-0.2, 0) is 4.79 Å². The van der Waals surface area contributed by atoms with Gasteiger partial charge < -0.3 is 10.5 Å². The number of nitrogen functional groups attached to an aromatic ring is 1. The van der Waals surface area contributed by atoms with Crippen LogP contribution < -0.4 is 5.73 Å². The minimum atomic E-state index is 0.398. The molecule has 13 heavy (non-hydrogen) atoms. The van der Waals surface area contributed by atoms with E-state index in [9.17, 15) is 4.79 Å². The minimum absolute atomic E-state index is 0.398. The van der Waals surface area contributed by atoms with Crippen LogP contribution >= 0.6 is 0 Å². The highest BCUT2D eigenvalue weighted by Crippen LogP contribution is 2.14. The van der Waals surface area contributed by atoms with Gasteiger partial charge in [-0.1, -0.05) is 6.08 Å². The van der Waals surface area contributed by atoms with Gasteiger partial charge in [-0.15, -0.1) is 0 Å². The third kappa shape index (κ3) is 2.40. The number of anilines is 1. The Bertz CT molecular complexity index is 332. The maximum Gasteiger partial charge on any atom is 0.123 e. The highest BCUT2D eigenvalue weighted by atomic mass is 16.1. The van der Waals surface area contributed by atoms with Crippen molar-refractivity contribution in [3.8, 4) is 0 Å². The molecule has 1 heterocycles. The molecule has 0 radical (unpaired) electrons. The smallest absolute Gasteiger partial charge is 0.123 e. The lowest BCUT2D eigenvalue weighted by molar-refractivity contribution is -0.107. The molecule has 0 bridgehead atoms. The van der Waals surface area contributed by atoms with Crippen LogP contribution in [-0.4, -0.2) is 11.3 Å². The number of pyridine rings is 1. The molecule has 0 amide bonds. The lowest BCUT2D eigenvalue weighted by Crippen LogP contribution is -1.95. The van der Waals surface area contributed by atoms with Crippen molar-refractivity contribution in [3.63, 3.8) is 0 Å². The van der Waals surface area contributed by atoms with Gasteiger partial charge in [0.2, 0.25) is 0 Å². The summed E-state index contributed by atoms with van der Waals surface area (Å²) in [5.74, 6) is 0. The molecule has 0 fully saturated rings.